The molecule has 0 aliphatic carbocycles. The zero-order valence-corrected chi connectivity index (χ0v) is 14.9. The van der Waals surface area contributed by atoms with Crippen molar-refractivity contribution < 1.29 is 18.4 Å². The number of nitrogens with one attached hydrogen (secondary N) is 1. The molecule has 0 atom stereocenters. The van der Waals surface area contributed by atoms with Crippen LogP contribution in [0.2, 0.25) is 10.0 Å². The van der Waals surface area contributed by atoms with Gasteiger partial charge in [0.1, 0.15) is 12.4 Å². The van der Waals surface area contributed by atoms with Crippen molar-refractivity contribution in [1.29, 1.82) is 0 Å². The third-order valence-electron chi connectivity index (χ3n) is 3.45. The van der Waals surface area contributed by atoms with Crippen molar-refractivity contribution in [3.05, 3.63) is 69.4 Å². The molecule has 1 aromatic carbocycles. The van der Waals surface area contributed by atoms with E-state index >= 15 is 0 Å². The minimum absolute atomic E-state index is 0.00773. The van der Waals surface area contributed by atoms with Crippen molar-refractivity contribution in [1.82, 2.24) is 10.1 Å². The minimum atomic E-state index is -0.592. The Morgan fingerprint density at radius 2 is 2.12 bits per heavy atom. The van der Waals surface area contributed by atoms with Crippen LogP contribution in [0, 0.1) is 12.7 Å². The molecule has 0 radical (unpaired) electrons. The van der Waals surface area contributed by atoms with E-state index in [1.165, 1.54) is 24.4 Å². The molecule has 0 unspecified atom stereocenters. The highest BCUT2D eigenvalue weighted by atomic mass is 35.5. The second kappa shape index (κ2) is 7.72. The second-order valence-corrected chi connectivity index (χ2v) is 6.07. The highest BCUT2D eigenvalue weighted by Crippen LogP contribution is 2.24. The number of halogens is 3. The topological polar surface area (TPSA) is 77.3 Å². The van der Waals surface area contributed by atoms with Gasteiger partial charge in [-0.05, 0) is 25.1 Å². The van der Waals surface area contributed by atoms with Crippen molar-refractivity contribution >= 4 is 34.9 Å². The van der Waals surface area contributed by atoms with Gasteiger partial charge in [-0.2, -0.15) is 0 Å². The lowest BCUT2D eigenvalue weighted by atomic mass is 10.2. The van der Waals surface area contributed by atoms with Crippen LogP contribution in [-0.2, 0) is 6.61 Å². The summed E-state index contributed by atoms with van der Waals surface area (Å²) < 4.78 is 24.2. The van der Waals surface area contributed by atoms with Gasteiger partial charge in [-0.1, -0.05) is 40.5 Å². The molecule has 0 aliphatic heterocycles. The van der Waals surface area contributed by atoms with E-state index in [0.717, 1.165) is 0 Å². The standard InChI is InChI=1S/C17H12Cl2FN3O3/c1-9-11(8-25-14-5-3-2-4-13(14)20)15(23-26-9)17(24)22-16-12(19)6-10(18)7-21-16/h2-7H,8H2,1H3,(H,21,22,24). The zero-order valence-electron chi connectivity index (χ0n) is 13.4. The van der Waals surface area contributed by atoms with Crippen molar-refractivity contribution in [3.63, 3.8) is 0 Å². The van der Waals surface area contributed by atoms with Crippen LogP contribution in [0.1, 0.15) is 21.8 Å². The van der Waals surface area contributed by atoms with Crippen LogP contribution >= 0.6 is 23.2 Å². The summed E-state index contributed by atoms with van der Waals surface area (Å²) in [6.07, 6.45) is 1.35. The van der Waals surface area contributed by atoms with Gasteiger partial charge in [-0.3, -0.25) is 4.79 Å². The first-order valence-corrected chi connectivity index (χ1v) is 8.16. The number of rotatable bonds is 5. The van der Waals surface area contributed by atoms with Gasteiger partial charge in [0.25, 0.3) is 5.91 Å². The van der Waals surface area contributed by atoms with Crippen molar-refractivity contribution in [3.8, 4) is 5.75 Å². The summed E-state index contributed by atoms with van der Waals surface area (Å²) in [5.74, 6) is -0.540. The molecule has 0 aliphatic rings. The number of aryl methyl sites for hydroxylation is 1. The number of aromatic nitrogens is 2. The minimum Gasteiger partial charge on any atom is -0.486 e. The first-order chi connectivity index (χ1) is 12.5. The van der Waals surface area contributed by atoms with E-state index < -0.39 is 11.7 Å². The summed E-state index contributed by atoms with van der Waals surface area (Å²) in [6.45, 7) is 1.53. The molecule has 6 nitrogen and oxygen atoms in total. The molecule has 26 heavy (non-hydrogen) atoms. The van der Waals surface area contributed by atoms with Crippen LogP contribution < -0.4 is 10.1 Å². The number of anilines is 1. The molecule has 0 spiro atoms. The summed E-state index contributed by atoms with van der Waals surface area (Å²) in [5, 5.41) is 6.77. The van der Waals surface area contributed by atoms with Crippen molar-refractivity contribution in [2.45, 2.75) is 13.5 Å². The Labute approximate surface area is 157 Å². The van der Waals surface area contributed by atoms with Crippen LogP contribution in [0.3, 0.4) is 0 Å². The Morgan fingerprint density at radius 1 is 1.35 bits per heavy atom. The average Bonchev–Trinajstić information content (AvgIpc) is 2.97. The molecule has 0 saturated carbocycles. The number of pyridine rings is 1. The van der Waals surface area contributed by atoms with Crippen LogP contribution in [0.15, 0.2) is 41.1 Å². The monoisotopic (exact) mass is 395 g/mol. The number of benzene rings is 1. The average molecular weight is 396 g/mol. The van der Waals surface area contributed by atoms with Gasteiger partial charge in [-0.25, -0.2) is 9.37 Å². The molecule has 134 valence electrons. The lowest BCUT2D eigenvalue weighted by molar-refractivity contribution is 0.101. The van der Waals surface area contributed by atoms with Gasteiger partial charge in [0.05, 0.1) is 15.6 Å². The van der Waals surface area contributed by atoms with Gasteiger partial charge >= 0.3 is 0 Å². The van der Waals surface area contributed by atoms with Gasteiger partial charge in [-0.15, -0.1) is 0 Å². The van der Waals surface area contributed by atoms with Crippen LogP contribution in [-0.4, -0.2) is 16.0 Å². The fraction of sp³-hybridized carbons (Fsp3) is 0.118. The molecule has 2 aromatic heterocycles. The maximum absolute atomic E-state index is 13.7. The van der Waals surface area contributed by atoms with Crippen LogP contribution in [0.5, 0.6) is 5.75 Å². The molecule has 3 rings (SSSR count). The smallest absolute Gasteiger partial charge is 0.279 e. The SMILES string of the molecule is Cc1onc(C(=O)Nc2ncc(Cl)cc2Cl)c1COc1ccccc1F. The van der Waals surface area contributed by atoms with Crippen molar-refractivity contribution in [2.24, 2.45) is 0 Å². The molecule has 9 heteroatoms. The van der Waals surface area contributed by atoms with Crippen molar-refractivity contribution in [2.75, 3.05) is 5.32 Å². The molecule has 0 bridgehead atoms. The number of hydrogen-bond acceptors (Lipinski definition) is 5. The summed E-state index contributed by atoms with van der Waals surface area (Å²) in [7, 11) is 0. The maximum atomic E-state index is 13.7. The third-order valence-corrected chi connectivity index (χ3v) is 3.94. The fourth-order valence-electron chi connectivity index (χ4n) is 2.12. The van der Waals surface area contributed by atoms with E-state index in [1.807, 2.05) is 0 Å². The van der Waals surface area contributed by atoms with Gasteiger partial charge in [0.2, 0.25) is 0 Å². The Morgan fingerprint density at radius 3 is 2.85 bits per heavy atom. The molecule has 1 amide bonds. The number of carbonyl (C=O) groups is 1. The molecule has 2 heterocycles. The molecular formula is C17H12Cl2FN3O3. The lowest BCUT2D eigenvalue weighted by Crippen LogP contribution is -2.16. The number of amides is 1. The largest absolute Gasteiger partial charge is 0.486 e. The fourth-order valence-corrected chi connectivity index (χ4v) is 2.55. The molecule has 0 fully saturated rings. The predicted octanol–water partition coefficient (Wildman–Crippen LogP) is 4.66. The normalized spacial score (nSPS) is 10.6. The Hall–Kier alpha value is -2.64. The van der Waals surface area contributed by atoms with E-state index in [4.69, 9.17) is 32.5 Å². The third kappa shape index (κ3) is 3.95. The number of carbonyl (C=O) groups excluding carboxylic acids is 1. The number of hydrogen-bond donors (Lipinski definition) is 1. The predicted molar refractivity (Wildman–Crippen MR) is 94.2 cm³/mol. The Kier molecular flexibility index (Phi) is 5.39. The molecule has 3 aromatic rings. The van der Waals surface area contributed by atoms with Crippen LogP contribution in [0.25, 0.3) is 0 Å². The van der Waals surface area contributed by atoms with Crippen LogP contribution in [0.4, 0.5) is 10.2 Å². The lowest BCUT2D eigenvalue weighted by Gasteiger charge is -2.08. The number of para-hydroxylation sites is 1. The van der Waals surface area contributed by atoms with Gasteiger partial charge < -0.3 is 14.6 Å². The highest BCUT2D eigenvalue weighted by molar-refractivity contribution is 6.36. The zero-order chi connectivity index (χ0) is 18.7. The molecule has 1 N–H and O–H groups in total. The van der Waals surface area contributed by atoms with Gasteiger partial charge in [0, 0.05) is 6.20 Å². The number of ether oxygens (including phenoxy) is 1. The highest BCUT2D eigenvalue weighted by Gasteiger charge is 2.22. The summed E-state index contributed by atoms with van der Waals surface area (Å²) in [4.78, 5) is 16.4. The van der Waals surface area contributed by atoms with E-state index in [1.54, 1.807) is 19.1 Å². The quantitative estimate of drug-likeness (QED) is 0.679. The molecular weight excluding hydrogens is 384 g/mol. The maximum Gasteiger partial charge on any atom is 0.279 e. The summed E-state index contributed by atoms with van der Waals surface area (Å²) in [5.41, 5.74) is 0.377. The van der Waals surface area contributed by atoms with E-state index in [2.05, 4.69) is 15.5 Å². The Balaban J connectivity index is 1.78. The summed E-state index contributed by atoms with van der Waals surface area (Å²) >= 11 is 11.8. The Bertz CT molecular complexity index is 962. The van der Waals surface area contributed by atoms with E-state index in [0.29, 0.717) is 16.3 Å². The summed E-state index contributed by atoms with van der Waals surface area (Å²) in [6, 6.07) is 7.39. The van der Waals surface area contributed by atoms with E-state index in [9.17, 15) is 9.18 Å². The van der Waals surface area contributed by atoms with E-state index in [-0.39, 0.29) is 28.9 Å². The first kappa shape index (κ1) is 18.2. The molecule has 0 saturated heterocycles. The second-order valence-electron chi connectivity index (χ2n) is 5.22. The van der Waals surface area contributed by atoms with Gasteiger partial charge in [0.15, 0.2) is 23.1 Å². The number of nitrogens with zero attached hydrogens (tertiary/aromatic N) is 2. The first-order valence-electron chi connectivity index (χ1n) is 7.40.